The number of benzene rings is 1. The van der Waals surface area contributed by atoms with E-state index in [0.29, 0.717) is 13.0 Å². The fourth-order valence-corrected chi connectivity index (χ4v) is 3.06. The number of hydrogen-bond donors (Lipinski definition) is 2. The zero-order chi connectivity index (χ0) is 17.8. The number of nitrogens with zero attached hydrogens (tertiary/aromatic N) is 2. The Labute approximate surface area is 151 Å². The molecule has 3 aromatic heterocycles. The van der Waals surface area contributed by atoms with Crippen LogP contribution >= 0.6 is 0 Å². The Balaban J connectivity index is 1.47. The molecule has 0 fully saturated rings. The van der Waals surface area contributed by atoms with Gasteiger partial charge in [0.05, 0.1) is 12.1 Å². The van der Waals surface area contributed by atoms with Crippen LogP contribution in [0.3, 0.4) is 0 Å². The van der Waals surface area contributed by atoms with Gasteiger partial charge in [0.25, 0.3) is 0 Å². The second-order valence-electron chi connectivity index (χ2n) is 6.06. The van der Waals surface area contributed by atoms with E-state index >= 15 is 0 Å². The summed E-state index contributed by atoms with van der Waals surface area (Å²) in [5.41, 5.74) is 4.87. The summed E-state index contributed by atoms with van der Waals surface area (Å²) in [5.74, 6) is -0.0146. The predicted molar refractivity (Wildman–Crippen MR) is 101 cm³/mol. The van der Waals surface area contributed by atoms with Gasteiger partial charge in [0.2, 0.25) is 5.91 Å². The topological polar surface area (TPSA) is 70.7 Å². The molecule has 128 valence electrons. The van der Waals surface area contributed by atoms with Crippen LogP contribution in [0.5, 0.6) is 0 Å². The van der Waals surface area contributed by atoms with Crippen LogP contribution in [0.15, 0.2) is 73.3 Å². The molecule has 0 saturated carbocycles. The molecule has 5 nitrogen and oxygen atoms in total. The van der Waals surface area contributed by atoms with Crippen LogP contribution in [0.1, 0.15) is 11.1 Å². The second kappa shape index (κ2) is 7.19. The first-order valence-corrected chi connectivity index (χ1v) is 8.47. The minimum absolute atomic E-state index is 0.0146. The first-order valence-electron chi connectivity index (χ1n) is 8.47. The van der Waals surface area contributed by atoms with E-state index in [1.807, 2.05) is 54.7 Å². The van der Waals surface area contributed by atoms with Crippen molar-refractivity contribution in [3.63, 3.8) is 0 Å². The second-order valence-corrected chi connectivity index (χ2v) is 6.06. The van der Waals surface area contributed by atoms with Gasteiger partial charge in [-0.3, -0.25) is 14.8 Å². The maximum atomic E-state index is 12.4. The van der Waals surface area contributed by atoms with E-state index in [2.05, 4.69) is 20.3 Å². The lowest BCUT2D eigenvalue weighted by Gasteiger charge is -2.10. The van der Waals surface area contributed by atoms with Crippen LogP contribution in [0, 0.1) is 0 Å². The summed E-state index contributed by atoms with van der Waals surface area (Å²) in [4.78, 5) is 24.1. The van der Waals surface area contributed by atoms with E-state index in [9.17, 15) is 4.79 Å². The fraction of sp³-hybridized carbons (Fsp3) is 0.0952. The molecule has 1 amide bonds. The van der Waals surface area contributed by atoms with Gasteiger partial charge in [0.1, 0.15) is 0 Å². The number of carbonyl (C=O) groups is 1. The molecule has 0 radical (unpaired) electrons. The largest absolute Gasteiger partial charge is 0.361 e. The average molecular weight is 342 g/mol. The molecule has 4 rings (SSSR count). The van der Waals surface area contributed by atoms with E-state index in [1.165, 1.54) is 0 Å². The highest BCUT2D eigenvalue weighted by molar-refractivity contribution is 5.88. The highest BCUT2D eigenvalue weighted by Crippen LogP contribution is 2.21. The van der Waals surface area contributed by atoms with Gasteiger partial charge >= 0.3 is 0 Å². The van der Waals surface area contributed by atoms with Crippen molar-refractivity contribution in [1.82, 2.24) is 20.3 Å². The van der Waals surface area contributed by atoms with Crippen LogP contribution < -0.4 is 5.32 Å². The van der Waals surface area contributed by atoms with Gasteiger partial charge in [0.15, 0.2) is 0 Å². The van der Waals surface area contributed by atoms with Gasteiger partial charge in [-0.05, 0) is 35.4 Å². The minimum atomic E-state index is -0.0146. The maximum absolute atomic E-state index is 12.4. The van der Waals surface area contributed by atoms with Crippen molar-refractivity contribution < 1.29 is 4.79 Å². The lowest BCUT2D eigenvalue weighted by atomic mass is 10.1. The van der Waals surface area contributed by atoms with Crippen molar-refractivity contribution in [3.05, 3.63) is 84.4 Å². The Kier molecular flexibility index (Phi) is 4.43. The Morgan fingerprint density at radius 1 is 0.962 bits per heavy atom. The molecule has 0 unspecified atom stereocenters. The van der Waals surface area contributed by atoms with Crippen LogP contribution in [0.2, 0.25) is 0 Å². The van der Waals surface area contributed by atoms with Gasteiger partial charge in [-0.15, -0.1) is 0 Å². The number of aromatic amines is 1. The van der Waals surface area contributed by atoms with E-state index in [4.69, 9.17) is 0 Å². The zero-order valence-corrected chi connectivity index (χ0v) is 14.1. The van der Waals surface area contributed by atoms with Gasteiger partial charge in [-0.2, -0.15) is 0 Å². The maximum Gasteiger partial charge on any atom is 0.224 e. The monoisotopic (exact) mass is 342 g/mol. The van der Waals surface area contributed by atoms with Gasteiger partial charge in [-0.1, -0.05) is 24.3 Å². The zero-order valence-electron chi connectivity index (χ0n) is 14.1. The Morgan fingerprint density at radius 3 is 2.69 bits per heavy atom. The average Bonchev–Trinajstić information content (AvgIpc) is 3.10. The minimum Gasteiger partial charge on any atom is -0.361 e. The predicted octanol–water partition coefficient (Wildman–Crippen LogP) is 3.48. The van der Waals surface area contributed by atoms with Crippen LogP contribution in [0.4, 0.5) is 0 Å². The van der Waals surface area contributed by atoms with E-state index < -0.39 is 0 Å². The van der Waals surface area contributed by atoms with Gasteiger partial charge < -0.3 is 10.3 Å². The molecule has 0 aliphatic heterocycles. The molecule has 3 heterocycles. The van der Waals surface area contributed by atoms with Crippen LogP contribution in [-0.2, 0) is 17.8 Å². The van der Waals surface area contributed by atoms with Crippen molar-refractivity contribution in [1.29, 1.82) is 0 Å². The summed E-state index contributed by atoms with van der Waals surface area (Å²) >= 11 is 0. The first-order chi connectivity index (χ1) is 12.8. The van der Waals surface area contributed by atoms with Crippen LogP contribution in [-0.4, -0.2) is 20.9 Å². The molecular weight excluding hydrogens is 324 g/mol. The third-order valence-corrected chi connectivity index (χ3v) is 4.35. The number of H-pyrrole nitrogens is 1. The molecule has 0 aliphatic carbocycles. The number of rotatable bonds is 5. The third kappa shape index (κ3) is 3.32. The SMILES string of the molecule is O=C(Cc1c[nH]c2ccccc12)NCc1cccnc1-c1ccncc1. The molecule has 0 bridgehead atoms. The van der Waals surface area contributed by atoms with Gasteiger partial charge in [0, 0.05) is 47.8 Å². The molecule has 26 heavy (non-hydrogen) atoms. The Bertz CT molecular complexity index is 1040. The summed E-state index contributed by atoms with van der Waals surface area (Å²) in [6, 6.07) is 15.7. The number of amides is 1. The van der Waals surface area contributed by atoms with Gasteiger partial charge in [-0.25, -0.2) is 0 Å². The molecule has 5 heteroatoms. The van der Waals surface area contributed by atoms with Crippen LogP contribution in [0.25, 0.3) is 22.2 Å². The standard InChI is InChI=1S/C21H18N4O/c26-20(12-17-14-24-19-6-2-1-5-18(17)19)25-13-16-4-3-9-23-21(16)15-7-10-22-11-8-15/h1-11,14,24H,12-13H2,(H,25,26). The third-order valence-electron chi connectivity index (χ3n) is 4.35. The Morgan fingerprint density at radius 2 is 1.81 bits per heavy atom. The van der Waals surface area contributed by atoms with Crippen molar-refractivity contribution >= 4 is 16.8 Å². The summed E-state index contributed by atoms with van der Waals surface area (Å²) in [5, 5.41) is 4.09. The molecule has 0 atom stereocenters. The summed E-state index contributed by atoms with van der Waals surface area (Å²) < 4.78 is 0. The summed E-state index contributed by atoms with van der Waals surface area (Å²) in [6.45, 7) is 0.437. The molecular formula is C21H18N4O. The van der Waals surface area contributed by atoms with Crippen molar-refractivity contribution in [3.8, 4) is 11.3 Å². The fourth-order valence-electron chi connectivity index (χ4n) is 3.06. The molecule has 0 saturated heterocycles. The Hall–Kier alpha value is -3.47. The summed E-state index contributed by atoms with van der Waals surface area (Å²) in [7, 11) is 0. The highest BCUT2D eigenvalue weighted by Gasteiger charge is 2.10. The molecule has 0 aliphatic rings. The summed E-state index contributed by atoms with van der Waals surface area (Å²) in [6.07, 6.45) is 7.48. The highest BCUT2D eigenvalue weighted by atomic mass is 16.1. The van der Waals surface area contributed by atoms with E-state index in [0.717, 1.165) is 33.3 Å². The van der Waals surface area contributed by atoms with E-state index in [-0.39, 0.29) is 5.91 Å². The number of para-hydroxylation sites is 1. The van der Waals surface area contributed by atoms with Crippen molar-refractivity contribution in [2.24, 2.45) is 0 Å². The molecule has 0 spiro atoms. The molecule has 4 aromatic rings. The first kappa shape index (κ1) is 16.0. The molecule has 2 N–H and O–H groups in total. The molecule has 1 aromatic carbocycles. The van der Waals surface area contributed by atoms with E-state index in [1.54, 1.807) is 18.6 Å². The lowest BCUT2D eigenvalue weighted by molar-refractivity contribution is -0.120. The number of pyridine rings is 2. The smallest absolute Gasteiger partial charge is 0.224 e. The van der Waals surface area contributed by atoms with Crippen molar-refractivity contribution in [2.75, 3.05) is 0 Å². The number of carbonyl (C=O) groups excluding carboxylic acids is 1. The normalized spacial score (nSPS) is 10.8. The number of nitrogens with one attached hydrogen (secondary N) is 2. The number of hydrogen-bond acceptors (Lipinski definition) is 3. The van der Waals surface area contributed by atoms with Crippen molar-refractivity contribution in [2.45, 2.75) is 13.0 Å². The number of aromatic nitrogens is 3. The lowest BCUT2D eigenvalue weighted by Crippen LogP contribution is -2.24. The number of fused-ring (bicyclic) bond motifs is 1. The quantitative estimate of drug-likeness (QED) is 0.583.